The number of likely N-dealkylation sites (N-methyl/N-ethyl adjacent to an activating group) is 2. The summed E-state index contributed by atoms with van der Waals surface area (Å²) in [5, 5.41) is 0. The number of esters is 2. The largest absolute Gasteiger partial charge is 0.461 e. The smallest absolute Gasteiger partial charge is 0.327 e. The van der Waals surface area contributed by atoms with Crippen molar-refractivity contribution in [2.45, 2.75) is 63.5 Å². The van der Waals surface area contributed by atoms with Gasteiger partial charge in [-0.25, -0.2) is 9.59 Å². The molecule has 0 aromatic heterocycles. The third-order valence-electron chi connectivity index (χ3n) is 6.71. The minimum absolute atomic E-state index is 0.00571. The van der Waals surface area contributed by atoms with Crippen LogP contribution in [0.3, 0.4) is 0 Å². The maximum absolute atomic E-state index is 12.7. The number of rotatable bonds is 0. The van der Waals surface area contributed by atoms with E-state index in [0.717, 1.165) is 0 Å². The minimum atomic E-state index is -0.706. The van der Waals surface area contributed by atoms with Crippen LogP contribution in [-0.2, 0) is 28.7 Å². The molecule has 6 amide bonds. The van der Waals surface area contributed by atoms with Gasteiger partial charge in [-0.1, -0.05) is 12.8 Å². The van der Waals surface area contributed by atoms with Gasteiger partial charge in [-0.05, 0) is 37.8 Å². The summed E-state index contributed by atoms with van der Waals surface area (Å²) in [6, 6.07) is -2.18. The first-order valence-electron chi connectivity index (χ1n) is 12.3. The highest BCUT2D eigenvalue weighted by Gasteiger charge is 2.43. The van der Waals surface area contributed by atoms with Crippen molar-refractivity contribution in [1.29, 1.82) is 0 Å². The average molecular weight is 507 g/mol. The summed E-state index contributed by atoms with van der Waals surface area (Å²) < 4.78 is 10.2. The Morgan fingerprint density at radius 3 is 1.42 bits per heavy atom. The highest BCUT2D eigenvalue weighted by atomic mass is 16.5. The number of hydrogen-bond acceptors (Lipinski definition) is 8. The molecule has 0 aromatic carbocycles. The van der Waals surface area contributed by atoms with Gasteiger partial charge in [-0.3, -0.25) is 29.0 Å². The zero-order chi connectivity index (χ0) is 26.2. The molecule has 3 rings (SSSR count). The molecular formula is C24H34N4O8. The number of ether oxygens (including phenoxy) is 2. The van der Waals surface area contributed by atoms with Crippen LogP contribution in [0.25, 0.3) is 0 Å². The van der Waals surface area contributed by atoms with Gasteiger partial charge < -0.3 is 19.3 Å². The molecule has 0 radical (unpaired) electrons. The maximum Gasteiger partial charge on any atom is 0.327 e. The molecule has 2 fully saturated rings. The summed E-state index contributed by atoms with van der Waals surface area (Å²) in [5.74, 6) is -1.64. The van der Waals surface area contributed by atoms with E-state index in [-0.39, 0.29) is 75.9 Å². The second-order valence-electron chi connectivity index (χ2n) is 9.13. The Morgan fingerprint density at radius 1 is 0.639 bits per heavy atom. The summed E-state index contributed by atoms with van der Waals surface area (Å²) in [4.78, 5) is 79.7. The van der Waals surface area contributed by atoms with Gasteiger partial charge in [0.1, 0.15) is 25.3 Å². The lowest BCUT2D eigenvalue weighted by atomic mass is 10.1. The van der Waals surface area contributed by atoms with Gasteiger partial charge >= 0.3 is 24.0 Å². The van der Waals surface area contributed by atoms with E-state index >= 15 is 0 Å². The molecular weight excluding hydrogens is 472 g/mol. The highest BCUT2D eigenvalue weighted by Crippen LogP contribution is 2.22. The predicted octanol–water partition coefficient (Wildman–Crippen LogP) is 1.29. The molecule has 4 bridgehead atoms. The van der Waals surface area contributed by atoms with Crippen LogP contribution in [-0.4, -0.2) is 108 Å². The number of imide groups is 2. The van der Waals surface area contributed by atoms with Crippen LogP contribution in [0.5, 0.6) is 0 Å². The molecule has 2 unspecified atom stereocenters. The van der Waals surface area contributed by atoms with E-state index < -0.39 is 24.0 Å². The molecule has 2 atom stereocenters. The Morgan fingerprint density at radius 2 is 1.03 bits per heavy atom. The van der Waals surface area contributed by atoms with Crippen LogP contribution in [0.1, 0.15) is 51.4 Å². The molecule has 12 nitrogen and oxygen atoms in total. The number of carbonyl (C=O) groups is 6. The molecule has 0 spiro atoms. The lowest BCUT2D eigenvalue weighted by Crippen LogP contribution is -2.33. The first-order valence-corrected chi connectivity index (χ1v) is 12.3. The van der Waals surface area contributed by atoms with E-state index in [1.54, 1.807) is 14.1 Å². The monoisotopic (exact) mass is 506 g/mol. The molecule has 0 aliphatic carbocycles. The van der Waals surface area contributed by atoms with Crippen LogP contribution < -0.4 is 0 Å². The van der Waals surface area contributed by atoms with Gasteiger partial charge in [0.05, 0.1) is 0 Å². The van der Waals surface area contributed by atoms with Gasteiger partial charge in [0.15, 0.2) is 0 Å². The summed E-state index contributed by atoms with van der Waals surface area (Å²) in [6.07, 6.45) is 6.02. The fraction of sp³-hybridized carbons (Fsp3) is 0.667. The molecule has 0 N–H and O–H groups in total. The quantitative estimate of drug-likeness (QED) is 0.273. The summed E-state index contributed by atoms with van der Waals surface area (Å²) in [7, 11) is 3.09. The fourth-order valence-corrected chi connectivity index (χ4v) is 4.54. The minimum Gasteiger partial charge on any atom is -0.461 e. The van der Waals surface area contributed by atoms with Crippen LogP contribution in [0.15, 0.2) is 12.2 Å². The van der Waals surface area contributed by atoms with Crippen molar-refractivity contribution in [2.75, 3.05) is 40.4 Å². The van der Waals surface area contributed by atoms with Gasteiger partial charge in [-0.2, -0.15) is 0 Å². The Bertz CT molecular complexity index is 848. The van der Waals surface area contributed by atoms with E-state index in [0.29, 0.717) is 25.7 Å². The van der Waals surface area contributed by atoms with Gasteiger partial charge in [0, 0.05) is 40.0 Å². The maximum atomic E-state index is 12.7. The first kappa shape index (κ1) is 27.2. The van der Waals surface area contributed by atoms with Crippen LogP contribution in [0.2, 0.25) is 0 Å². The number of cyclic esters (lactones) is 2. The van der Waals surface area contributed by atoms with Crippen LogP contribution in [0, 0.1) is 0 Å². The molecule has 36 heavy (non-hydrogen) atoms. The normalized spacial score (nSPS) is 27.2. The molecule has 2 saturated heterocycles. The molecule has 0 saturated carbocycles. The fourth-order valence-electron chi connectivity index (χ4n) is 4.54. The van der Waals surface area contributed by atoms with Crippen LogP contribution >= 0.6 is 0 Å². The topological polar surface area (TPSA) is 134 Å². The number of hydrogen-bond donors (Lipinski definition) is 0. The Balaban J connectivity index is 1.61. The molecule has 3 aliphatic heterocycles. The molecule has 3 aliphatic rings. The second-order valence-corrected chi connectivity index (χ2v) is 9.13. The summed E-state index contributed by atoms with van der Waals surface area (Å²) in [6.45, 7) is 0.511. The SMILES string of the molecule is CN1C(=O)N2CCCCCCN3C(=O)C(CCC(=O)OC/C=C/COC(=O)CCC1C2=O)N(C)C3=O. The van der Waals surface area contributed by atoms with Crippen molar-refractivity contribution >= 4 is 35.8 Å². The second kappa shape index (κ2) is 12.5. The van der Waals surface area contributed by atoms with Crippen molar-refractivity contribution in [3.05, 3.63) is 12.2 Å². The number of fused-ring (bicyclic) bond motifs is 4. The Hall–Kier alpha value is -3.44. The lowest BCUT2D eigenvalue weighted by molar-refractivity contribution is -0.144. The zero-order valence-electron chi connectivity index (χ0n) is 20.8. The van der Waals surface area contributed by atoms with E-state index in [4.69, 9.17) is 9.47 Å². The highest BCUT2D eigenvalue weighted by molar-refractivity contribution is 6.04. The van der Waals surface area contributed by atoms with Gasteiger partial charge in [-0.15, -0.1) is 0 Å². The first-order chi connectivity index (χ1) is 17.2. The zero-order valence-corrected chi connectivity index (χ0v) is 20.8. The molecule has 3 heterocycles. The van der Waals surface area contributed by atoms with E-state index in [2.05, 4.69) is 0 Å². The lowest BCUT2D eigenvalue weighted by Gasteiger charge is -2.15. The Kier molecular flexibility index (Phi) is 9.43. The van der Waals surface area contributed by atoms with Gasteiger partial charge in [0.2, 0.25) is 0 Å². The van der Waals surface area contributed by atoms with Crippen molar-refractivity contribution in [3.63, 3.8) is 0 Å². The molecule has 198 valence electrons. The Labute approximate surface area is 210 Å². The van der Waals surface area contributed by atoms with Crippen molar-refractivity contribution < 1.29 is 38.2 Å². The summed E-state index contributed by atoms with van der Waals surface area (Å²) in [5.41, 5.74) is 0. The predicted molar refractivity (Wildman–Crippen MR) is 125 cm³/mol. The van der Waals surface area contributed by atoms with E-state index in [9.17, 15) is 28.8 Å². The number of nitrogens with zero attached hydrogens (tertiary/aromatic N) is 4. The van der Waals surface area contributed by atoms with Gasteiger partial charge in [0.25, 0.3) is 11.8 Å². The summed E-state index contributed by atoms with van der Waals surface area (Å²) >= 11 is 0. The van der Waals surface area contributed by atoms with Crippen molar-refractivity contribution in [2.24, 2.45) is 0 Å². The van der Waals surface area contributed by atoms with Crippen LogP contribution in [0.4, 0.5) is 9.59 Å². The number of amides is 6. The third-order valence-corrected chi connectivity index (χ3v) is 6.71. The average Bonchev–Trinajstić information content (AvgIpc) is 3.17. The van der Waals surface area contributed by atoms with E-state index in [1.165, 1.54) is 31.8 Å². The van der Waals surface area contributed by atoms with Crippen molar-refractivity contribution in [1.82, 2.24) is 19.6 Å². The molecule has 0 aromatic rings. The van der Waals surface area contributed by atoms with Crippen molar-refractivity contribution in [3.8, 4) is 0 Å². The third kappa shape index (κ3) is 6.41. The standard InChI is InChI=1S/C24H34N4O8/c1-25-17-9-11-19(29)35-15-7-8-16-36-20(30)12-10-18-22(32)28(24(34)26(18)2)14-6-4-3-5-13-27(21(17)31)23(25)33/h7-8,17-18H,3-6,9-16H2,1-2H3/b8-7+. The number of urea groups is 2. The number of carbonyl (C=O) groups excluding carboxylic acids is 6. The molecule has 12 heteroatoms. The van der Waals surface area contributed by atoms with E-state index in [1.807, 2.05) is 0 Å².